The molecular weight excluding hydrogens is 323 g/mol. The Hall–Kier alpha value is -1.04. The summed E-state index contributed by atoms with van der Waals surface area (Å²) in [5, 5.41) is 2.62. The third kappa shape index (κ3) is 4.86. The lowest BCUT2D eigenvalue weighted by Crippen LogP contribution is -2.25. The quantitative estimate of drug-likeness (QED) is 0.793. The van der Waals surface area contributed by atoms with Gasteiger partial charge in [0.2, 0.25) is 0 Å². The first-order valence-electron chi connectivity index (χ1n) is 6.01. The van der Waals surface area contributed by atoms with Crippen LogP contribution < -0.4 is 5.32 Å². The number of hydrogen-bond donors (Lipinski definition) is 1. The molecule has 0 aliphatic carbocycles. The standard InChI is InChI=1S/C13H15BrF3NO/c1-2-3-4-7-18-12(19)10-8-9(13(15,16)17)5-6-11(10)14/h5-6,8H,2-4,7H2,1H3,(H,18,19). The number of hydrogen-bond acceptors (Lipinski definition) is 1. The minimum Gasteiger partial charge on any atom is -0.352 e. The molecule has 2 nitrogen and oxygen atoms in total. The van der Waals surface area contributed by atoms with Crippen molar-refractivity contribution in [2.24, 2.45) is 0 Å². The molecule has 1 aromatic rings. The van der Waals surface area contributed by atoms with Crippen LogP contribution >= 0.6 is 15.9 Å². The maximum Gasteiger partial charge on any atom is 0.416 e. The van der Waals surface area contributed by atoms with Gasteiger partial charge in [0, 0.05) is 11.0 Å². The molecule has 0 aliphatic heterocycles. The monoisotopic (exact) mass is 337 g/mol. The highest BCUT2D eigenvalue weighted by Crippen LogP contribution is 2.31. The summed E-state index contributed by atoms with van der Waals surface area (Å²) in [5.41, 5.74) is -0.819. The van der Waals surface area contributed by atoms with Crippen LogP contribution in [0.2, 0.25) is 0 Å². The van der Waals surface area contributed by atoms with Crippen LogP contribution in [-0.4, -0.2) is 12.5 Å². The Kier molecular flexibility index (Phi) is 5.85. The zero-order valence-electron chi connectivity index (χ0n) is 10.5. The van der Waals surface area contributed by atoms with E-state index in [1.54, 1.807) is 0 Å². The Morgan fingerprint density at radius 2 is 2.00 bits per heavy atom. The molecule has 1 N–H and O–H groups in total. The molecule has 0 spiro atoms. The smallest absolute Gasteiger partial charge is 0.352 e. The van der Waals surface area contributed by atoms with E-state index in [0.29, 0.717) is 11.0 Å². The van der Waals surface area contributed by atoms with Gasteiger partial charge in [-0.25, -0.2) is 0 Å². The SMILES string of the molecule is CCCCCNC(=O)c1cc(C(F)(F)F)ccc1Br. The summed E-state index contributed by atoms with van der Waals surface area (Å²) >= 11 is 3.09. The van der Waals surface area contributed by atoms with Gasteiger partial charge in [-0.2, -0.15) is 13.2 Å². The van der Waals surface area contributed by atoms with Crippen LogP contribution in [0.4, 0.5) is 13.2 Å². The van der Waals surface area contributed by atoms with Crippen molar-refractivity contribution in [1.82, 2.24) is 5.32 Å². The molecular formula is C13H15BrF3NO. The van der Waals surface area contributed by atoms with Gasteiger partial charge < -0.3 is 5.32 Å². The van der Waals surface area contributed by atoms with E-state index in [4.69, 9.17) is 0 Å². The summed E-state index contributed by atoms with van der Waals surface area (Å²) in [6, 6.07) is 3.04. The molecule has 0 aliphatic rings. The number of halogens is 4. The Labute approximate surface area is 118 Å². The van der Waals surface area contributed by atoms with Crippen LogP contribution in [0.15, 0.2) is 22.7 Å². The molecule has 0 aromatic heterocycles. The molecule has 0 saturated carbocycles. The van der Waals surface area contributed by atoms with E-state index in [-0.39, 0.29) is 5.56 Å². The van der Waals surface area contributed by atoms with Crippen LogP contribution in [0.3, 0.4) is 0 Å². The van der Waals surface area contributed by atoms with Gasteiger partial charge in [0.15, 0.2) is 0 Å². The van der Waals surface area contributed by atoms with Crippen molar-refractivity contribution in [3.63, 3.8) is 0 Å². The molecule has 1 aromatic carbocycles. The third-order valence-electron chi connectivity index (χ3n) is 2.60. The van der Waals surface area contributed by atoms with E-state index in [9.17, 15) is 18.0 Å². The van der Waals surface area contributed by atoms with Crippen molar-refractivity contribution in [2.75, 3.05) is 6.54 Å². The number of amides is 1. The normalized spacial score (nSPS) is 11.4. The summed E-state index contributed by atoms with van der Waals surface area (Å²) in [4.78, 5) is 11.8. The molecule has 1 rings (SSSR count). The Bertz CT molecular complexity index is 446. The van der Waals surface area contributed by atoms with E-state index in [2.05, 4.69) is 21.2 Å². The van der Waals surface area contributed by atoms with E-state index >= 15 is 0 Å². The number of unbranched alkanes of at least 4 members (excludes halogenated alkanes) is 2. The van der Waals surface area contributed by atoms with Gasteiger partial charge in [0.05, 0.1) is 11.1 Å². The first kappa shape index (κ1) is 16.0. The van der Waals surface area contributed by atoms with Gasteiger partial charge in [-0.15, -0.1) is 0 Å². The fourth-order valence-corrected chi connectivity index (χ4v) is 1.97. The second kappa shape index (κ2) is 6.93. The van der Waals surface area contributed by atoms with Gasteiger partial charge in [-0.05, 0) is 40.5 Å². The van der Waals surface area contributed by atoms with E-state index in [1.165, 1.54) is 6.07 Å². The van der Waals surface area contributed by atoms with Crippen LogP contribution in [0.25, 0.3) is 0 Å². The lowest BCUT2D eigenvalue weighted by molar-refractivity contribution is -0.137. The van der Waals surface area contributed by atoms with Crippen LogP contribution in [0.1, 0.15) is 42.1 Å². The molecule has 0 bridgehead atoms. The number of carbonyl (C=O) groups excluding carboxylic acids is 1. The van der Waals surface area contributed by atoms with Crippen LogP contribution in [0.5, 0.6) is 0 Å². The first-order valence-corrected chi connectivity index (χ1v) is 6.80. The van der Waals surface area contributed by atoms with Crippen molar-refractivity contribution < 1.29 is 18.0 Å². The first-order chi connectivity index (χ1) is 8.86. The number of alkyl halides is 3. The van der Waals surface area contributed by atoms with Crippen LogP contribution in [-0.2, 0) is 6.18 Å². The van der Waals surface area contributed by atoms with Gasteiger partial charge in [-0.1, -0.05) is 19.8 Å². The highest BCUT2D eigenvalue weighted by molar-refractivity contribution is 9.10. The minimum atomic E-state index is -4.45. The van der Waals surface area contributed by atoms with Gasteiger partial charge in [0.25, 0.3) is 5.91 Å². The Balaban J connectivity index is 2.78. The number of carbonyl (C=O) groups is 1. The third-order valence-corrected chi connectivity index (χ3v) is 3.30. The fraction of sp³-hybridized carbons (Fsp3) is 0.462. The maximum absolute atomic E-state index is 12.6. The largest absolute Gasteiger partial charge is 0.416 e. The van der Waals surface area contributed by atoms with Gasteiger partial charge >= 0.3 is 6.18 Å². The van der Waals surface area contributed by atoms with Crippen molar-refractivity contribution in [2.45, 2.75) is 32.4 Å². The van der Waals surface area contributed by atoms with Crippen molar-refractivity contribution >= 4 is 21.8 Å². The number of rotatable bonds is 5. The van der Waals surface area contributed by atoms with E-state index in [0.717, 1.165) is 31.4 Å². The molecule has 106 valence electrons. The zero-order valence-corrected chi connectivity index (χ0v) is 12.1. The van der Waals surface area contributed by atoms with Crippen LogP contribution in [0, 0.1) is 0 Å². The lowest BCUT2D eigenvalue weighted by atomic mass is 10.1. The molecule has 19 heavy (non-hydrogen) atoms. The zero-order chi connectivity index (χ0) is 14.5. The maximum atomic E-state index is 12.6. The molecule has 0 atom stereocenters. The summed E-state index contributed by atoms with van der Waals surface area (Å²) in [6.45, 7) is 2.50. The summed E-state index contributed by atoms with van der Waals surface area (Å²) in [7, 11) is 0. The summed E-state index contributed by atoms with van der Waals surface area (Å²) in [5.74, 6) is -0.492. The second-order valence-corrected chi connectivity index (χ2v) is 5.01. The van der Waals surface area contributed by atoms with Gasteiger partial charge in [-0.3, -0.25) is 4.79 Å². The summed E-state index contributed by atoms with van der Waals surface area (Å²) in [6.07, 6.45) is -1.63. The Morgan fingerprint density at radius 1 is 1.32 bits per heavy atom. The molecule has 1 amide bonds. The average Bonchev–Trinajstić information content (AvgIpc) is 2.33. The molecule has 0 saturated heterocycles. The number of benzene rings is 1. The topological polar surface area (TPSA) is 29.1 Å². The predicted molar refractivity (Wildman–Crippen MR) is 71.0 cm³/mol. The highest BCUT2D eigenvalue weighted by Gasteiger charge is 2.31. The van der Waals surface area contributed by atoms with E-state index in [1.807, 2.05) is 6.92 Å². The Morgan fingerprint density at radius 3 is 2.58 bits per heavy atom. The number of nitrogens with one attached hydrogen (secondary N) is 1. The van der Waals surface area contributed by atoms with Crippen molar-refractivity contribution in [3.8, 4) is 0 Å². The lowest BCUT2D eigenvalue weighted by Gasteiger charge is -2.11. The van der Waals surface area contributed by atoms with Crippen molar-refractivity contribution in [3.05, 3.63) is 33.8 Å². The van der Waals surface area contributed by atoms with Crippen molar-refractivity contribution in [1.29, 1.82) is 0 Å². The second-order valence-electron chi connectivity index (χ2n) is 4.16. The molecule has 0 heterocycles. The predicted octanol–water partition coefficient (Wildman–Crippen LogP) is 4.39. The highest BCUT2D eigenvalue weighted by atomic mass is 79.9. The fourth-order valence-electron chi connectivity index (χ4n) is 1.55. The van der Waals surface area contributed by atoms with E-state index < -0.39 is 17.6 Å². The molecule has 0 fully saturated rings. The van der Waals surface area contributed by atoms with Gasteiger partial charge in [0.1, 0.15) is 0 Å². The molecule has 6 heteroatoms. The minimum absolute atomic E-state index is 0.00586. The summed E-state index contributed by atoms with van der Waals surface area (Å²) < 4.78 is 38.1. The molecule has 0 radical (unpaired) electrons. The average molecular weight is 338 g/mol. The molecule has 0 unspecified atom stereocenters.